The number of fused-ring (bicyclic) bond motifs is 1. The molecule has 0 saturated carbocycles. The molecule has 100 valence electrons. The van der Waals surface area contributed by atoms with Gasteiger partial charge >= 0.3 is 5.69 Å². The second-order valence-corrected chi connectivity index (χ2v) is 4.79. The zero-order valence-electron chi connectivity index (χ0n) is 10.5. The number of hydrogen-bond donors (Lipinski definition) is 3. The van der Waals surface area contributed by atoms with Crippen LogP contribution in [0.4, 0.5) is 0 Å². The molecule has 1 aliphatic heterocycles. The van der Waals surface area contributed by atoms with E-state index in [2.05, 4.69) is 15.6 Å². The highest BCUT2D eigenvalue weighted by Crippen LogP contribution is 2.08. The zero-order valence-corrected chi connectivity index (χ0v) is 10.5. The smallest absolute Gasteiger partial charge is 0.326 e. The number of amides is 1. The Morgan fingerprint density at radius 2 is 2.26 bits per heavy atom. The van der Waals surface area contributed by atoms with Crippen LogP contribution in [0.3, 0.4) is 0 Å². The zero-order chi connectivity index (χ0) is 13.2. The fourth-order valence-electron chi connectivity index (χ4n) is 2.46. The van der Waals surface area contributed by atoms with Crippen molar-refractivity contribution in [3.05, 3.63) is 34.7 Å². The lowest BCUT2D eigenvalue weighted by Gasteiger charge is -2.11. The van der Waals surface area contributed by atoms with E-state index in [0.29, 0.717) is 0 Å². The van der Waals surface area contributed by atoms with Gasteiger partial charge in [0.25, 0.3) is 0 Å². The molecule has 1 unspecified atom stereocenters. The molecule has 6 nitrogen and oxygen atoms in total. The van der Waals surface area contributed by atoms with Gasteiger partial charge in [-0.15, -0.1) is 0 Å². The molecule has 1 aromatic carbocycles. The number of carbonyl (C=O) groups excluding carboxylic acids is 1. The molecule has 3 rings (SSSR count). The summed E-state index contributed by atoms with van der Waals surface area (Å²) >= 11 is 0. The van der Waals surface area contributed by atoms with Crippen molar-refractivity contribution in [3.8, 4) is 0 Å². The molecule has 1 saturated heterocycles. The first kappa shape index (κ1) is 12.0. The predicted molar refractivity (Wildman–Crippen MR) is 72.0 cm³/mol. The Labute approximate surface area is 109 Å². The van der Waals surface area contributed by atoms with Crippen molar-refractivity contribution in [3.63, 3.8) is 0 Å². The van der Waals surface area contributed by atoms with Crippen molar-refractivity contribution < 1.29 is 4.79 Å². The molecule has 19 heavy (non-hydrogen) atoms. The lowest BCUT2D eigenvalue weighted by molar-refractivity contribution is -0.122. The number of para-hydroxylation sites is 2. The summed E-state index contributed by atoms with van der Waals surface area (Å²) in [6.07, 6.45) is 0.939. The number of aromatic nitrogens is 2. The number of rotatable bonds is 3. The largest absolute Gasteiger partial charge is 0.350 e. The Kier molecular flexibility index (Phi) is 3.08. The highest BCUT2D eigenvalue weighted by atomic mass is 16.2. The number of benzene rings is 1. The summed E-state index contributed by atoms with van der Waals surface area (Å²) in [4.78, 5) is 26.5. The lowest BCUT2D eigenvalue weighted by atomic mass is 10.2. The van der Waals surface area contributed by atoms with Crippen LogP contribution < -0.4 is 16.3 Å². The van der Waals surface area contributed by atoms with Crippen molar-refractivity contribution in [1.29, 1.82) is 0 Å². The molecule has 0 radical (unpaired) electrons. The fourth-order valence-corrected chi connectivity index (χ4v) is 2.46. The maximum atomic E-state index is 11.9. The summed E-state index contributed by atoms with van der Waals surface area (Å²) in [7, 11) is 0. The van der Waals surface area contributed by atoms with Gasteiger partial charge in [0, 0.05) is 12.6 Å². The molecule has 1 aromatic heterocycles. The minimum absolute atomic E-state index is 0.0549. The molecule has 0 aliphatic carbocycles. The molecular weight excluding hydrogens is 244 g/mol. The molecule has 2 heterocycles. The number of H-pyrrole nitrogens is 1. The van der Waals surface area contributed by atoms with E-state index in [9.17, 15) is 9.59 Å². The quantitative estimate of drug-likeness (QED) is 0.715. The SMILES string of the molecule is O=C(Cn1c(=O)[nH]c2ccccc21)NC1CCNC1. The van der Waals surface area contributed by atoms with Crippen molar-refractivity contribution in [2.45, 2.75) is 19.0 Å². The summed E-state index contributed by atoms with van der Waals surface area (Å²) in [6, 6.07) is 7.54. The molecule has 6 heteroatoms. The van der Waals surface area contributed by atoms with E-state index in [1.807, 2.05) is 24.3 Å². The maximum Gasteiger partial charge on any atom is 0.326 e. The molecule has 1 amide bonds. The van der Waals surface area contributed by atoms with Crippen LogP contribution in [0.2, 0.25) is 0 Å². The summed E-state index contributed by atoms with van der Waals surface area (Å²) in [5.41, 5.74) is 1.26. The summed E-state index contributed by atoms with van der Waals surface area (Å²) in [6.45, 7) is 1.78. The predicted octanol–water partition coefficient (Wildman–Crippen LogP) is -0.192. The van der Waals surface area contributed by atoms with Crippen LogP contribution in [0.15, 0.2) is 29.1 Å². The topological polar surface area (TPSA) is 78.9 Å². The summed E-state index contributed by atoms with van der Waals surface area (Å²) < 4.78 is 1.47. The number of hydrogen-bond acceptors (Lipinski definition) is 3. The third kappa shape index (κ3) is 2.39. The van der Waals surface area contributed by atoms with E-state index in [4.69, 9.17) is 0 Å². The van der Waals surface area contributed by atoms with Gasteiger partial charge in [0.05, 0.1) is 11.0 Å². The standard InChI is InChI=1S/C13H16N4O2/c18-12(15-9-5-6-14-7-9)8-17-11-4-2-1-3-10(11)16-13(17)19/h1-4,9,14H,5-8H2,(H,15,18)(H,16,19). The summed E-state index contributed by atoms with van der Waals surface area (Å²) in [5, 5.41) is 6.12. The molecular formula is C13H16N4O2. The van der Waals surface area contributed by atoms with Crippen molar-refractivity contribution in [1.82, 2.24) is 20.2 Å². The Bertz CT molecular complexity index is 652. The highest BCUT2D eigenvalue weighted by Gasteiger charge is 2.17. The number of imidazole rings is 1. The van der Waals surface area contributed by atoms with Crippen molar-refractivity contribution >= 4 is 16.9 Å². The molecule has 2 aromatic rings. The van der Waals surface area contributed by atoms with Gasteiger partial charge in [-0.1, -0.05) is 12.1 Å². The van der Waals surface area contributed by atoms with Gasteiger partial charge in [0.1, 0.15) is 6.54 Å². The number of nitrogens with one attached hydrogen (secondary N) is 3. The number of nitrogens with zero attached hydrogens (tertiary/aromatic N) is 1. The second-order valence-electron chi connectivity index (χ2n) is 4.79. The van der Waals surface area contributed by atoms with E-state index in [1.54, 1.807) is 0 Å². The van der Waals surface area contributed by atoms with Crippen LogP contribution in [0.1, 0.15) is 6.42 Å². The Balaban J connectivity index is 1.79. The molecule has 0 bridgehead atoms. The Morgan fingerprint density at radius 1 is 1.42 bits per heavy atom. The van der Waals surface area contributed by atoms with Crippen molar-refractivity contribution in [2.24, 2.45) is 0 Å². The van der Waals surface area contributed by atoms with E-state index < -0.39 is 0 Å². The van der Waals surface area contributed by atoms with E-state index >= 15 is 0 Å². The normalized spacial score (nSPS) is 18.8. The van der Waals surface area contributed by atoms with Gasteiger partial charge in [-0.05, 0) is 25.1 Å². The first-order valence-electron chi connectivity index (χ1n) is 6.41. The molecule has 1 atom stereocenters. The van der Waals surface area contributed by atoms with Crippen LogP contribution in [-0.4, -0.2) is 34.6 Å². The molecule has 3 N–H and O–H groups in total. The Morgan fingerprint density at radius 3 is 3.05 bits per heavy atom. The number of aromatic amines is 1. The molecule has 1 fully saturated rings. The lowest BCUT2D eigenvalue weighted by Crippen LogP contribution is -2.39. The minimum Gasteiger partial charge on any atom is -0.350 e. The molecule has 1 aliphatic rings. The third-order valence-electron chi connectivity index (χ3n) is 3.41. The van der Waals surface area contributed by atoms with Gasteiger partial charge < -0.3 is 15.6 Å². The third-order valence-corrected chi connectivity index (χ3v) is 3.41. The van der Waals surface area contributed by atoms with Crippen molar-refractivity contribution in [2.75, 3.05) is 13.1 Å². The van der Waals surface area contributed by atoms with Crippen LogP contribution in [0.5, 0.6) is 0 Å². The first-order valence-corrected chi connectivity index (χ1v) is 6.41. The Hall–Kier alpha value is -2.08. The first-order chi connectivity index (χ1) is 9.24. The van der Waals surface area contributed by atoms with Crippen LogP contribution in [0, 0.1) is 0 Å². The molecule has 0 spiro atoms. The van der Waals surface area contributed by atoms with Gasteiger partial charge in [0.2, 0.25) is 5.91 Å². The highest BCUT2D eigenvalue weighted by molar-refractivity contribution is 5.80. The van der Waals surface area contributed by atoms with E-state index in [1.165, 1.54) is 4.57 Å². The second kappa shape index (κ2) is 4.89. The van der Waals surface area contributed by atoms with E-state index in [0.717, 1.165) is 30.5 Å². The monoisotopic (exact) mass is 260 g/mol. The average Bonchev–Trinajstić information content (AvgIpc) is 2.99. The minimum atomic E-state index is -0.249. The van der Waals surface area contributed by atoms with Gasteiger partial charge in [-0.25, -0.2) is 4.79 Å². The van der Waals surface area contributed by atoms with Gasteiger partial charge in [-0.3, -0.25) is 9.36 Å². The van der Waals surface area contributed by atoms with E-state index in [-0.39, 0.29) is 24.2 Å². The fraction of sp³-hybridized carbons (Fsp3) is 0.385. The van der Waals surface area contributed by atoms with Crippen LogP contribution in [0.25, 0.3) is 11.0 Å². The van der Waals surface area contributed by atoms with Gasteiger partial charge in [0.15, 0.2) is 0 Å². The summed E-state index contributed by atoms with van der Waals surface area (Å²) in [5.74, 6) is -0.124. The van der Waals surface area contributed by atoms with Gasteiger partial charge in [-0.2, -0.15) is 0 Å². The van der Waals surface area contributed by atoms with Crippen LogP contribution >= 0.6 is 0 Å². The average molecular weight is 260 g/mol. The number of carbonyl (C=O) groups is 1. The maximum absolute atomic E-state index is 11.9. The van der Waals surface area contributed by atoms with Crippen LogP contribution in [-0.2, 0) is 11.3 Å².